The Morgan fingerprint density at radius 3 is 2.46 bits per heavy atom. The van der Waals surface area contributed by atoms with E-state index in [2.05, 4.69) is 4.99 Å². The molecule has 0 saturated carbocycles. The molecular formula is C9H6ClNOS. The van der Waals surface area contributed by atoms with Gasteiger partial charge in [-0.2, -0.15) is 0 Å². The lowest BCUT2D eigenvalue weighted by Crippen LogP contribution is -2.02. The quantitative estimate of drug-likeness (QED) is 0.701. The minimum Gasteiger partial charge on any atom is -0.248 e. The van der Waals surface area contributed by atoms with Gasteiger partial charge in [-0.05, 0) is 12.1 Å². The summed E-state index contributed by atoms with van der Waals surface area (Å²) in [6.45, 7) is 0. The Hall–Kier alpha value is -0.930. The predicted octanol–water partition coefficient (Wildman–Crippen LogP) is 2.32. The number of aliphatic imine (C=N–C) groups is 1. The molecule has 1 aliphatic rings. The van der Waals surface area contributed by atoms with Gasteiger partial charge in [0.15, 0.2) is 0 Å². The fourth-order valence-electron chi connectivity index (χ4n) is 1.05. The molecule has 0 saturated heterocycles. The van der Waals surface area contributed by atoms with Crippen molar-refractivity contribution in [2.24, 2.45) is 4.99 Å². The van der Waals surface area contributed by atoms with Crippen molar-refractivity contribution in [1.29, 1.82) is 0 Å². The molecule has 0 fully saturated rings. The summed E-state index contributed by atoms with van der Waals surface area (Å²) < 4.78 is 11.3. The zero-order valence-corrected chi connectivity index (χ0v) is 8.18. The fraction of sp³-hybridized carbons (Fsp3) is 0. The van der Waals surface area contributed by atoms with Crippen molar-refractivity contribution in [2.45, 2.75) is 0 Å². The highest BCUT2D eigenvalue weighted by atomic mass is 35.5. The van der Waals surface area contributed by atoms with Crippen LogP contribution in [0.3, 0.4) is 0 Å². The molecule has 1 heterocycles. The van der Waals surface area contributed by atoms with E-state index in [-0.39, 0.29) is 0 Å². The molecule has 0 aromatic heterocycles. The molecule has 1 aromatic rings. The number of nitrogens with zero attached hydrogens (tertiary/aromatic N) is 1. The van der Waals surface area contributed by atoms with E-state index in [0.717, 1.165) is 5.56 Å². The van der Waals surface area contributed by atoms with E-state index in [0.29, 0.717) is 10.1 Å². The second kappa shape index (κ2) is 3.44. The molecule has 1 atom stereocenters. The smallest absolute Gasteiger partial charge is 0.138 e. The zero-order valence-electron chi connectivity index (χ0n) is 6.61. The van der Waals surface area contributed by atoms with Gasteiger partial charge in [-0.15, -0.1) is 0 Å². The summed E-state index contributed by atoms with van der Waals surface area (Å²) in [4.78, 5) is 4.01. The van der Waals surface area contributed by atoms with Gasteiger partial charge in [0.1, 0.15) is 5.04 Å². The first-order valence-electron chi connectivity index (χ1n) is 3.68. The maximum atomic E-state index is 11.3. The number of halogens is 1. The molecule has 0 radical (unpaired) electrons. The van der Waals surface area contributed by atoms with Crippen molar-refractivity contribution < 1.29 is 4.21 Å². The van der Waals surface area contributed by atoms with Gasteiger partial charge < -0.3 is 0 Å². The summed E-state index contributed by atoms with van der Waals surface area (Å²) in [7, 11) is -1.09. The highest BCUT2D eigenvalue weighted by Gasteiger charge is 2.12. The Morgan fingerprint density at radius 2 is 1.92 bits per heavy atom. The van der Waals surface area contributed by atoms with Crippen molar-refractivity contribution >= 4 is 27.4 Å². The van der Waals surface area contributed by atoms with Gasteiger partial charge in [-0.25, -0.2) is 9.20 Å². The van der Waals surface area contributed by atoms with Crippen molar-refractivity contribution in [2.75, 3.05) is 0 Å². The Balaban J connectivity index is 2.38. The number of hydrogen-bond donors (Lipinski definition) is 0. The van der Waals surface area contributed by atoms with Crippen LogP contribution in [0.4, 0.5) is 0 Å². The van der Waals surface area contributed by atoms with Gasteiger partial charge in [-0.1, -0.05) is 23.7 Å². The van der Waals surface area contributed by atoms with Crippen LogP contribution in [-0.4, -0.2) is 9.25 Å². The average molecular weight is 212 g/mol. The van der Waals surface area contributed by atoms with Crippen LogP contribution in [0.2, 0.25) is 5.02 Å². The summed E-state index contributed by atoms with van der Waals surface area (Å²) in [5.41, 5.74) is 0.854. The molecule has 1 unspecified atom stereocenters. The molecule has 0 amide bonds. The van der Waals surface area contributed by atoms with Crippen LogP contribution in [-0.2, 0) is 10.8 Å². The van der Waals surface area contributed by atoms with Crippen LogP contribution >= 0.6 is 11.6 Å². The molecule has 13 heavy (non-hydrogen) atoms. The van der Waals surface area contributed by atoms with E-state index in [1.165, 1.54) is 0 Å². The minimum atomic E-state index is -1.09. The lowest BCUT2D eigenvalue weighted by atomic mass is 10.2. The molecule has 0 aliphatic carbocycles. The standard InChI is InChI=1S/C9H6ClNOS/c10-8-3-1-7(2-4-8)9-11-5-6-13(9)12/h1-6H. The monoisotopic (exact) mass is 211 g/mol. The summed E-state index contributed by atoms with van der Waals surface area (Å²) in [5, 5.41) is 2.82. The first kappa shape index (κ1) is 8.66. The van der Waals surface area contributed by atoms with Crippen LogP contribution in [0, 0.1) is 0 Å². The van der Waals surface area contributed by atoms with Crippen LogP contribution in [0.15, 0.2) is 40.9 Å². The van der Waals surface area contributed by atoms with E-state index in [1.54, 1.807) is 23.7 Å². The third-order valence-electron chi connectivity index (χ3n) is 1.66. The molecule has 4 heteroatoms. The maximum Gasteiger partial charge on any atom is 0.138 e. The second-order valence-corrected chi connectivity index (χ2v) is 4.21. The zero-order chi connectivity index (χ0) is 9.26. The van der Waals surface area contributed by atoms with Crippen molar-refractivity contribution in [3.05, 3.63) is 46.5 Å². The van der Waals surface area contributed by atoms with Gasteiger partial charge >= 0.3 is 0 Å². The molecule has 0 spiro atoms. The minimum absolute atomic E-state index is 0.594. The Kier molecular flexibility index (Phi) is 2.29. The van der Waals surface area contributed by atoms with Gasteiger partial charge in [0, 0.05) is 22.2 Å². The van der Waals surface area contributed by atoms with Crippen LogP contribution in [0.5, 0.6) is 0 Å². The SMILES string of the molecule is O=S1C=CN=C1c1ccc(Cl)cc1. The maximum absolute atomic E-state index is 11.3. The average Bonchev–Trinajstić information content (AvgIpc) is 2.53. The van der Waals surface area contributed by atoms with Gasteiger partial charge in [0.25, 0.3) is 0 Å². The van der Waals surface area contributed by atoms with E-state index in [4.69, 9.17) is 11.6 Å². The molecule has 0 N–H and O–H groups in total. The lowest BCUT2D eigenvalue weighted by Gasteiger charge is -1.98. The molecule has 1 aromatic carbocycles. The number of hydrogen-bond acceptors (Lipinski definition) is 2. The van der Waals surface area contributed by atoms with Crippen molar-refractivity contribution in [1.82, 2.24) is 0 Å². The topological polar surface area (TPSA) is 29.4 Å². The van der Waals surface area contributed by atoms with Gasteiger partial charge in [0.05, 0.1) is 10.8 Å². The summed E-state index contributed by atoms with van der Waals surface area (Å²) in [6, 6.07) is 7.14. The summed E-state index contributed by atoms with van der Waals surface area (Å²) in [6.07, 6.45) is 1.56. The Labute approximate surface area is 83.4 Å². The second-order valence-electron chi connectivity index (χ2n) is 2.52. The van der Waals surface area contributed by atoms with Crippen LogP contribution in [0.25, 0.3) is 0 Å². The van der Waals surface area contributed by atoms with E-state index in [9.17, 15) is 4.21 Å². The van der Waals surface area contributed by atoms with Crippen molar-refractivity contribution in [3.63, 3.8) is 0 Å². The van der Waals surface area contributed by atoms with Gasteiger partial charge in [-0.3, -0.25) is 0 Å². The fourth-order valence-corrected chi connectivity index (χ4v) is 2.01. The summed E-state index contributed by atoms with van der Waals surface area (Å²) >= 11 is 5.72. The molecule has 1 aliphatic heterocycles. The highest BCUT2D eigenvalue weighted by molar-refractivity contribution is 8.04. The van der Waals surface area contributed by atoms with Gasteiger partial charge in [0.2, 0.25) is 0 Å². The first-order chi connectivity index (χ1) is 6.27. The van der Waals surface area contributed by atoms with Crippen LogP contribution in [0.1, 0.15) is 5.56 Å². The third-order valence-corrected chi connectivity index (χ3v) is 3.00. The van der Waals surface area contributed by atoms with E-state index in [1.807, 2.05) is 12.1 Å². The molecule has 66 valence electrons. The Morgan fingerprint density at radius 1 is 1.23 bits per heavy atom. The molecular weight excluding hydrogens is 206 g/mol. The lowest BCUT2D eigenvalue weighted by molar-refractivity contribution is 0.695. The number of benzene rings is 1. The van der Waals surface area contributed by atoms with E-state index < -0.39 is 10.8 Å². The number of rotatable bonds is 1. The first-order valence-corrected chi connectivity index (χ1v) is 5.27. The predicted molar refractivity (Wildman–Crippen MR) is 55.3 cm³/mol. The largest absolute Gasteiger partial charge is 0.248 e. The Bertz CT molecular complexity index is 408. The molecule has 2 nitrogen and oxygen atoms in total. The van der Waals surface area contributed by atoms with Crippen molar-refractivity contribution in [3.8, 4) is 0 Å². The normalized spacial score (nSPS) is 20.4. The molecule has 2 rings (SSSR count). The van der Waals surface area contributed by atoms with Crippen LogP contribution < -0.4 is 0 Å². The van der Waals surface area contributed by atoms with E-state index >= 15 is 0 Å². The third kappa shape index (κ3) is 1.71. The molecule has 0 bridgehead atoms. The summed E-state index contributed by atoms with van der Waals surface area (Å²) in [5.74, 6) is 0. The highest BCUT2D eigenvalue weighted by Crippen LogP contribution is 2.14.